The lowest BCUT2D eigenvalue weighted by Crippen LogP contribution is -2.56. The van der Waals surface area contributed by atoms with Gasteiger partial charge in [-0.25, -0.2) is 0 Å². The Hall–Kier alpha value is -2.74. The number of aromatic nitrogens is 1. The fraction of sp³-hybridized carbons (Fsp3) is 0.400. The number of amides is 1. The molecule has 0 aliphatic carbocycles. The Bertz CT molecular complexity index is 1270. The quantitative estimate of drug-likeness (QED) is 0.371. The van der Waals surface area contributed by atoms with Crippen molar-refractivity contribution in [3.8, 4) is 0 Å². The first-order valence-corrected chi connectivity index (χ1v) is 14.0. The number of carbonyl (C=O) groups is 1. The van der Waals surface area contributed by atoms with Gasteiger partial charge in [-0.3, -0.25) is 25.0 Å². The minimum atomic E-state index is 0.0452. The minimum Gasteiger partial charge on any atom is -0.337 e. The molecule has 2 aliphatic rings. The number of nitrogens with zero attached hydrogens (tertiary/aromatic N) is 3. The third-order valence-corrected chi connectivity index (χ3v) is 8.47. The smallest absolute Gasteiger partial charge is 0.273 e. The third-order valence-electron chi connectivity index (χ3n) is 7.94. The van der Waals surface area contributed by atoms with Crippen LogP contribution in [-0.2, 0) is 4.84 Å². The highest BCUT2D eigenvalue weighted by atomic mass is 79.9. The molecule has 5 rings (SSSR count). The predicted molar refractivity (Wildman–Crippen MR) is 152 cm³/mol. The molecule has 3 aromatic rings. The molecule has 7 heteroatoms. The van der Waals surface area contributed by atoms with Crippen molar-refractivity contribution in [3.05, 3.63) is 82.1 Å². The van der Waals surface area contributed by atoms with Crippen molar-refractivity contribution >= 4 is 38.3 Å². The molecule has 1 amide bonds. The summed E-state index contributed by atoms with van der Waals surface area (Å²) < 4.78 is 1.07. The van der Waals surface area contributed by atoms with E-state index in [0.717, 1.165) is 78.4 Å². The number of likely N-dealkylation sites (tertiary alicyclic amines) is 2. The topological polar surface area (TPSA) is 57.7 Å². The van der Waals surface area contributed by atoms with Gasteiger partial charge in [-0.1, -0.05) is 52.3 Å². The van der Waals surface area contributed by atoms with Gasteiger partial charge in [0.2, 0.25) is 0 Å². The molecular formula is C30H35BrN4O2. The first-order chi connectivity index (χ1) is 18.0. The van der Waals surface area contributed by atoms with E-state index in [2.05, 4.69) is 62.5 Å². The Morgan fingerprint density at radius 2 is 1.73 bits per heavy atom. The second kappa shape index (κ2) is 11.3. The lowest BCUT2D eigenvalue weighted by molar-refractivity contribution is 0.0254. The van der Waals surface area contributed by atoms with Gasteiger partial charge in [0, 0.05) is 47.8 Å². The van der Waals surface area contributed by atoms with Gasteiger partial charge < -0.3 is 4.90 Å². The zero-order valence-corrected chi connectivity index (χ0v) is 23.3. The molecule has 1 N–H and O–H groups in total. The van der Waals surface area contributed by atoms with E-state index >= 15 is 0 Å². The second-order valence-electron chi connectivity index (χ2n) is 10.2. The van der Waals surface area contributed by atoms with Gasteiger partial charge in [0.25, 0.3) is 5.91 Å². The minimum absolute atomic E-state index is 0.0452. The molecule has 6 nitrogen and oxygen atoms in total. The molecule has 0 unspecified atom stereocenters. The van der Waals surface area contributed by atoms with Crippen LogP contribution in [0.5, 0.6) is 0 Å². The number of rotatable bonds is 6. The van der Waals surface area contributed by atoms with Crippen molar-refractivity contribution < 1.29 is 9.63 Å². The standard InChI is InChI=1S/C30H35BrN4O2/c1-3-37-33-27(23-8-10-25(31)11-9-23)24-13-18-35(19-14-24)30(2)15-20-34(21-16-30)29(36)28-26-7-5-4-6-22(26)12-17-32-28/h4-12,17,33H,3,13-16,18-21H2,1-2H3. The molecule has 1 aromatic heterocycles. The van der Waals surface area contributed by atoms with Crippen LogP contribution in [0.25, 0.3) is 16.5 Å². The molecule has 2 aliphatic heterocycles. The van der Waals surface area contributed by atoms with Gasteiger partial charge in [0.1, 0.15) is 5.69 Å². The van der Waals surface area contributed by atoms with Gasteiger partial charge >= 0.3 is 0 Å². The Kier molecular flexibility index (Phi) is 7.93. The van der Waals surface area contributed by atoms with Gasteiger partial charge in [0.05, 0.1) is 12.3 Å². The fourth-order valence-electron chi connectivity index (χ4n) is 5.61. The highest BCUT2D eigenvalue weighted by molar-refractivity contribution is 9.10. The summed E-state index contributed by atoms with van der Waals surface area (Å²) in [4.78, 5) is 28.1. The predicted octanol–water partition coefficient (Wildman–Crippen LogP) is 6.04. The number of benzene rings is 2. The van der Waals surface area contributed by atoms with Crippen LogP contribution < -0.4 is 5.48 Å². The second-order valence-corrected chi connectivity index (χ2v) is 11.1. The first kappa shape index (κ1) is 25.9. The number of hydrogen-bond acceptors (Lipinski definition) is 5. The molecule has 2 aromatic carbocycles. The SMILES string of the molecule is CCONC(=C1CCN(C2(C)CCN(C(=O)c3nccc4ccccc34)CC2)CC1)c1ccc(Br)cc1. The Morgan fingerprint density at radius 3 is 2.43 bits per heavy atom. The zero-order chi connectivity index (χ0) is 25.8. The van der Waals surface area contributed by atoms with E-state index in [1.54, 1.807) is 6.20 Å². The molecule has 0 spiro atoms. The average molecular weight is 564 g/mol. The average Bonchev–Trinajstić information content (AvgIpc) is 2.94. The van der Waals surface area contributed by atoms with E-state index in [4.69, 9.17) is 4.84 Å². The van der Waals surface area contributed by atoms with E-state index in [0.29, 0.717) is 12.3 Å². The zero-order valence-electron chi connectivity index (χ0n) is 21.7. The molecule has 2 fully saturated rings. The first-order valence-electron chi connectivity index (χ1n) is 13.2. The summed E-state index contributed by atoms with van der Waals surface area (Å²) in [5.74, 6) is 0.0452. The van der Waals surface area contributed by atoms with Crippen molar-refractivity contribution in [2.24, 2.45) is 0 Å². The van der Waals surface area contributed by atoms with E-state index in [1.165, 1.54) is 5.57 Å². The number of hydrogen-bond donors (Lipinski definition) is 1. The third kappa shape index (κ3) is 5.59. The normalized spacial score (nSPS) is 18.1. The van der Waals surface area contributed by atoms with Crippen molar-refractivity contribution in [1.29, 1.82) is 0 Å². The van der Waals surface area contributed by atoms with Crippen LogP contribution in [-0.4, -0.2) is 59.0 Å². The van der Waals surface area contributed by atoms with Crippen LogP contribution in [0.4, 0.5) is 0 Å². The van der Waals surface area contributed by atoms with E-state index in [9.17, 15) is 4.79 Å². The summed E-state index contributed by atoms with van der Waals surface area (Å²) in [6, 6.07) is 18.4. The fourth-order valence-corrected chi connectivity index (χ4v) is 5.87. The lowest BCUT2D eigenvalue weighted by atomic mass is 9.85. The molecular weight excluding hydrogens is 528 g/mol. The maximum atomic E-state index is 13.4. The molecule has 0 radical (unpaired) electrons. The molecule has 2 saturated heterocycles. The number of carbonyl (C=O) groups excluding carboxylic acids is 1. The van der Waals surface area contributed by atoms with Gasteiger partial charge in [-0.15, -0.1) is 0 Å². The highest BCUT2D eigenvalue weighted by Crippen LogP contribution is 2.35. The summed E-state index contributed by atoms with van der Waals surface area (Å²) in [7, 11) is 0. The summed E-state index contributed by atoms with van der Waals surface area (Å²) >= 11 is 3.54. The van der Waals surface area contributed by atoms with Crippen LogP contribution in [0, 0.1) is 0 Å². The molecule has 194 valence electrons. The Labute approximate surface area is 227 Å². The summed E-state index contributed by atoms with van der Waals surface area (Å²) in [5.41, 5.74) is 7.54. The van der Waals surface area contributed by atoms with Crippen LogP contribution in [0.1, 0.15) is 55.6 Å². The maximum Gasteiger partial charge on any atom is 0.273 e. The number of piperidine rings is 2. The molecule has 0 bridgehead atoms. The lowest BCUT2D eigenvalue weighted by Gasteiger charge is -2.48. The van der Waals surface area contributed by atoms with Crippen molar-refractivity contribution in [1.82, 2.24) is 20.3 Å². The highest BCUT2D eigenvalue weighted by Gasteiger charge is 2.38. The molecule has 0 atom stereocenters. The molecule has 37 heavy (non-hydrogen) atoms. The van der Waals surface area contributed by atoms with E-state index in [-0.39, 0.29) is 11.4 Å². The number of hydroxylamine groups is 1. The van der Waals surface area contributed by atoms with Gasteiger partial charge in [-0.2, -0.15) is 0 Å². The largest absolute Gasteiger partial charge is 0.337 e. The van der Waals surface area contributed by atoms with Crippen molar-refractivity contribution in [3.63, 3.8) is 0 Å². The van der Waals surface area contributed by atoms with Crippen molar-refractivity contribution in [2.75, 3.05) is 32.8 Å². The number of halogens is 1. The van der Waals surface area contributed by atoms with Crippen LogP contribution in [0.2, 0.25) is 0 Å². The van der Waals surface area contributed by atoms with Crippen LogP contribution in [0.3, 0.4) is 0 Å². The van der Waals surface area contributed by atoms with E-state index < -0.39 is 0 Å². The monoisotopic (exact) mass is 562 g/mol. The number of nitrogens with one attached hydrogen (secondary N) is 1. The molecule has 3 heterocycles. The van der Waals surface area contributed by atoms with Crippen LogP contribution in [0.15, 0.2) is 70.8 Å². The number of pyridine rings is 1. The molecule has 0 saturated carbocycles. The van der Waals surface area contributed by atoms with Gasteiger partial charge in [-0.05, 0) is 74.3 Å². The van der Waals surface area contributed by atoms with Gasteiger partial charge in [0.15, 0.2) is 0 Å². The van der Waals surface area contributed by atoms with Crippen LogP contribution >= 0.6 is 15.9 Å². The van der Waals surface area contributed by atoms with Crippen molar-refractivity contribution in [2.45, 2.75) is 45.1 Å². The Morgan fingerprint density at radius 1 is 1.03 bits per heavy atom. The summed E-state index contributed by atoms with van der Waals surface area (Å²) in [5, 5.41) is 1.99. The summed E-state index contributed by atoms with van der Waals surface area (Å²) in [6.07, 6.45) is 5.69. The maximum absolute atomic E-state index is 13.4. The summed E-state index contributed by atoms with van der Waals surface area (Å²) in [6.45, 7) is 8.52. The number of fused-ring (bicyclic) bond motifs is 1. The van der Waals surface area contributed by atoms with E-state index in [1.807, 2.05) is 42.2 Å². The Balaban J connectivity index is 1.24.